The zero-order chi connectivity index (χ0) is 18.4. The van der Waals surface area contributed by atoms with Gasteiger partial charge in [0.15, 0.2) is 0 Å². The lowest BCUT2D eigenvalue weighted by atomic mass is 10.1. The zero-order valence-electron chi connectivity index (χ0n) is 15.5. The Morgan fingerprint density at radius 2 is 1.88 bits per heavy atom. The quantitative estimate of drug-likeness (QED) is 0.771. The van der Waals surface area contributed by atoms with Crippen LogP contribution in [0, 0.1) is 6.92 Å². The number of aryl methyl sites for hydroxylation is 1. The highest BCUT2D eigenvalue weighted by atomic mass is 16.6. The summed E-state index contributed by atoms with van der Waals surface area (Å²) in [7, 11) is 1.39. The van der Waals surface area contributed by atoms with Crippen molar-refractivity contribution in [3.8, 4) is 0 Å². The normalized spacial score (nSPS) is 22.3. The van der Waals surface area contributed by atoms with Crippen LogP contribution >= 0.6 is 0 Å². The maximum atomic E-state index is 12.3. The van der Waals surface area contributed by atoms with Crippen LogP contribution in [0.2, 0.25) is 0 Å². The largest absolute Gasteiger partial charge is 0.465 e. The van der Waals surface area contributed by atoms with Crippen LogP contribution in [0.4, 0.5) is 10.5 Å². The topological polar surface area (TPSA) is 59.1 Å². The number of ether oxygens (including phenoxy) is 2. The summed E-state index contributed by atoms with van der Waals surface area (Å²) in [5, 5.41) is 0. The van der Waals surface area contributed by atoms with Crippen LogP contribution in [0.3, 0.4) is 0 Å². The first-order valence-corrected chi connectivity index (χ1v) is 8.65. The minimum Gasteiger partial charge on any atom is -0.465 e. The number of esters is 1. The third kappa shape index (κ3) is 3.43. The molecule has 1 aromatic carbocycles. The molecule has 0 N–H and O–H groups in total. The molecule has 2 aliphatic rings. The minimum atomic E-state index is -0.481. The first kappa shape index (κ1) is 17.6. The highest BCUT2D eigenvalue weighted by Crippen LogP contribution is 2.36. The fourth-order valence-corrected chi connectivity index (χ4v) is 3.65. The molecule has 2 fully saturated rings. The van der Waals surface area contributed by atoms with Crippen LogP contribution in [-0.4, -0.2) is 54.8 Å². The molecule has 2 heterocycles. The van der Waals surface area contributed by atoms with Gasteiger partial charge in [-0.25, -0.2) is 9.59 Å². The predicted molar refractivity (Wildman–Crippen MR) is 95.0 cm³/mol. The van der Waals surface area contributed by atoms with E-state index in [0.717, 1.165) is 24.2 Å². The molecule has 0 radical (unpaired) electrons. The van der Waals surface area contributed by atoms with Crippen molar-refractivity contribution in [1.82, 2.24) is 4.90 Å². The van der Waals surface area contributed by atoms with E-state index in [1.807, 2.05) is 50.8 Å². The molecule has 3 rings (SSSR count). The van der Waals surface area contributed by atoms with Gasteiger partial charge < -0.3 is 19.3 Å². The molecule has 2 bridgehead atoms. The van der Waals surface area contributed by atoms with Gasteiger partial charge in [-0.1, -0.05) is 6.07 Å². The van der Waals surface area contributed by atoms with Crippen molar-refractivity contribution in [3.05, 3.63) is 29.3 Å². The zero-order valence-corrected chi connectivity index (χ0v) is 15.5. The van der Waals surface area contributed by atoms with Crippen LogP contribution < -0.4 is 4.90 Å². The average Bonchev–Trinajstić information content (AvgIpc) is 3.13. The van der Waals surface area contributed by atoms with E-state index in [9.17, 15) is 9.59 Å². The van der Waals surface area contributed by atoms with Gasteiger partial charge in [-0.15, -0.1) is 0 Å². The lowest BCUT2D eigenvalue weighted by molar-refractivity contribution is 0.0214. The van der Waals surface area contributed by atoms with Crippen molar-refractivity contribution < 1.29 is 19.1 Å². The van der Waals surface area contributed by atoms with E-state index in [0.29, 0.717) is 12.1 Å². The van der Waals surface area contributed by atoms with Gasteiger partial charge in [0.05, 0.1) is 18.7 Å². The Morgan fingerprint density at radius 3 is 2.44 bits per heavy atom. The summed E-state index contributed by atoms with van der Waals surface area (Å²) in [4.78, 5) is 28.4. The minimum absolute atomic E-state index is 0.155. The molecule has 1 aromatic rings. The maximum Gasteiger partial charge on any atom is 0.410 e. The van der Waals surface area contributed by atoms with Gasteiger partial charge in [-0.2, -0.15) is 0 Å². The second kappa shape index (κ2) is 6.24. The molecular weight excluding hydrogens is 320 g/mol. The molecule has 25 heavy (non-hydrogen) atoms. The highest BCUT2D eigenvalue weighted by Gasteiger charge is 2.46. The molecule has 2 saturated heterocycles. The molecule has 0 spiro atoms. The van der Waals surface area contributed by atoms with Crippen molar-refractivity contribution in [3.63, 3.8) is 0 Å². The molecule has 6 nitrogen and oxygen atoms in total. The smallest absolute Gasteiger partial charge is 0.410 e. The Kier molecular flexibility index (Phi) is 4.39. The van der Waals surface area contributed by atoms with Gasteiger partial charge in [0.25, 0.3) is 0 Å². The van der Waals surface area contributed by atoms with Crippen LogP contribution in [0.1, 0.15) is 43.1 Å². The number of benzene rings is 1. The molecule has 6 heteroatoms. The summed E-state index contributed by atoms with van der Waals surface area (Å²) in [5.74, 6) is -0.320. The molecule has 0 aromatic heterocycles. The molecule has 2 unspecified atom stereocenters. The van der Waals surface area contributed by atoms with E-state index in [2.05, 4.69) is 4.90 Å². The Bertz CT molecular complexity index is 695. The summed E-state index contributed by atoms with van der Waals surface area (Å²) >= 11 is 0. The lowest BCUT2D eigenvalue weighted by Crippen LogP contribution is -2.50. The maximum absolute atomic E-state index is 12.3. The predicted octanol–water partition coefficient (Wildman–Crippen LogP) is 2.98. The Labute approximate surface area is 148 Å². The van der Waals surface area contributed by atoms with Crippen molar-refractivity contribution >= 4 is 17.7 Å². The third-order valence-electron chi connectivity index (χ3n) is 4.83. The van der Waals surface area contributed by atoms with Crippen LogP contribution in [-0.2, 0) is 9.47 Å². The van der Waals surface area contributed by atoms with Gasteiger partial charge >= 0.3 is 12.1 Å². The van der Waals surface area contributed by atoms with Crippen molar-refractivity contribution in [1.29, 1.82) is 0 Å². The summed E-state index contributed by atoms with van der Waals surface area (Å²) in [6.07, 6.45) is 0.694. The summed E-state index contributed by atoms with van der Waals surface area (Å²) in [5.41, 5.74) is 2.01. The van der Waals surface area contributed by atoms with Gasteiger partial charge in [-0.05, 0) is 51.8 Å². The molecule has 136 valence electrons. The number of likely N-dealkylation sites (tertiary alicyclic amines) is 1. The van der Waals surface area contributed by atoms with Crippen molar-refractivity contribution in [2.75, 3.05) is 25.1 Å². The molecule has 2 atom stereocenters. The number of hydrogen-bond acceptors (Lipinski definition) is 5. The second-order valence-corrected chi connectivity index (χ2v) is 7.82. The summed E-state index contributed by atoms with van der Waals surface area (Å²) in [6, 6.07) is 6.27. The van der Waals surface area contributed by atoms with Crippen molar-refractivity contribution in [2.24, 2.45) is 0 Å². The SMILES string of the molecule is COC(=O)c1cc(N2CC3CC2CN3C(=O)OC(C)(C)C)ccc1C. The number of methoxy groups -OCH3 is 1. The molecule has 0 saturated carbocycles. The third-order valence-corrected chi connectivity index (χ3v) is 4.83. The second-order valence-electron chi connectivity index (χ2n) is 7.82. The number of anilines is 1. The number of carbonyl (C=O) groups excluding carboxylic acids is 2. The first-order chi connectivity index (χ1) is 11.7. The molecule has 0 aliphatic carbocycles. The molecule has 1 amide bonds. The average molecular weight is 346 g/mol. The molecule has 2 aliphatic heterocycles. The Hall–Kier alpha value is -2.24. The van der Waals surface area contributed by atoms with Gasteiger partial charge in [0.2, 0.25) is 0 Å². The Morgan fingerprint density at radius 1 is 1.16 bits per heavy atom. The van der Waals surface area contributed by atoms with E-state index in [-0.39, 0.29) is 24.1 Å². The number of amides is 1. The number of hydrogen-bond donors (Lipinski definition) is 0. The first-order valence-electron chi connectivity index (χ1n) is 8.65. The number of carbonyl (C=O) groups is 2. The van der Waals surface area contributed by atoms with Crippen LogP contribution in [0.25, 0.3) is 0 Å². The summed E-state index contributed by atoms with van der Waals surface area (Å²) < 4.78 is 10.4. The van der Waals surface area contributed by atoms with Crippen molar-refractivity contribution in [2.45, 2.75) is 51.8 Å². The van der Waals surface area contributed by atoms with E-state index in [4.69, 9.17) is 9.47 Å². The standard InChI is InChI=1S/C19H26N2O4/c1-12-6-7-13(9-16(12)17(22)24-5)20-10-15-8-14(20)11-21(15)18(23)25-19(2,3)4/h6-7,9,14-15H,8,10-11H2,1-5H3. The van der Waals surface area contributed by atoms with Gasteiger partial charge in [-0.3, -0.25) is 0 Å². The van der Waals surface area contributed by atoms with E-state index < -0.39 is 5.60 Å². The molecular formula is C19H26N2O4. The summed E-state index contributed by atoms with van der Waals surface area (Å²) in [6.45, 7) is 8.95. The monoisotopic (exact) mass is 346 g/mol. The fraction of sp³-hybridized carbons (Fsp3) is 0.579. The van der Waals surface area contributed by atoms with E-state index >= 15 is 0 Å². The number of rotatable bonds is 2. The Balaban J connectivity index is 1.73. The fourth-order valence-electron chi connectivity index (χ4n) is 3.65. The van der Waals surface area contributed by atoms with Crippen LogP contribution in [0.15, 0.2) is 18.2 Å². The van der Waals surface area contributed by atoms with Gasteiger partial charge in [0, 0.05) is 24.8 Å². The van der Waals surface area contributed by atoms with E-state index in [1.165, 1.54) is 7.11 Å². The van der Waals surface area contributed by atoms with Crippen LogP contribution in [0.5, 0.6) is 0 Å². The number of nitrogens with zero attached hydrogens (tertiary/aromatic N) is 2. The van der Waals surface area contributed by atoms with Gasteiger partial charge in [0.1, 0.15) is 5.60 Å². The number of fused-ring (bicyclic) bond motifs is 2. The lowest BCUT2D eigenvalue weighted by Gasteiger charge is -2.36. The highest BCUT2D eigenvalue weighted by molar-refractivity contribution is 5.92. The number of piperazine rings is 1. The van der Waals surface area contributed by atoms with E-state index in [1.54, 1.807) is 0 Å².